The summed E-state index contributed by atoms with van der Waals surface area (Å²) in [4.78, 5) is 10.3. The van der Waals surface area contributed by atoms with Crippen LogP contribution in [-0.2, 0) is 11.3 Å². The molecule has 2 aromatic heterocycles. The Hall–Kier alpha value is -1.28. The van der Waals surface area contributed by atoms with Crippen LogP contribution in [0.4, 0.5) is 0 Å². The predicted molar refractivity (Wildman–Crippen MR) is 85.8 cm³/mol. The van der Waals surface area contributed by atoms with Gasteiger partial charge in [-0.3, -0.25) is 9.80 Å². The molecule has 0 aliphatic carbocycles. The van der Waals surface area contributed by atoms with E-state index in [2.05, 4.69) is 19.9 Å². The molecule has 0 amide bonds. The second kappa shape index (κ2) is 7.82. The van der Waals surface area contributed by atoms with E-state index in [-0.39, 0.29) is 0 Å². The van der Waals surface area contributed by atoms with Gasteiger partial charge in [0, 0.05) is 39.3 Å². The Labute approximate surface area is 134 Å². The van der Waals surface area contributed by atoms with Crippen LogP contribution in [0.1, 0.15) is 12.8 Å². The molecule has 0 spiro atoms. The van der Waals surface area contributed by atoms with Crippen molar-refractivity contribution in [3.8, 4) is 10.7 Å². The molecule has 0 N–H and O–H groups in total. The average molecular weight is 322 g/mol. The number of piperazine rings is 1. The van der Waals surface area contributed by atoms with Crippen LogP contribution >= 0.6 is 11.3 Å². The summed E-state index contributed by atoms with van der Waals surface area (Å²) in [5, 5.41) is 6.08. The zero-order valence-electron chi connectivity index (χ0n) is 12.9. The average Bonchev–Trinajstić information content (AvgIpc) is 3.20. The third-order valence-corrected chi connectivity index (χ3v) is 4.66. The second-order valence-electron chi connectivity index (χ2n) is 5.30. The third kappa shape index (κ3) is 4.13. The molecule has 0 bridgehead atoms. The highest BCUT2D eigenvalue weighted by atomic mass is 32.1. The zero-order valence-corrected chi connectivity index (χ0v) is 13.7. The molecule has 0 aromatic carbocycles. The van der Waals surface area contributed by atoms with Crippen LogP contribution < -0.4 is 0 Å². The molecule has 120 valence electrons. The molecular formula is C15H22N4O2S. The van der Waals surface area contributed by atoms with E-state index in [1.54, 1.807) is 11.3 Å². The first-order chi connectivity index (χ1) is 10.8. The Morgan fingerprint density at radius 1 is 1.27 bits per heavy atom. The minimum atomic E-state index is 0.695. The van der Waals surface area contributed by atoms with Crippen molar-refractivity contribution in [3.05, 3.63) is 23.4 Å². The highest BCUT2D eigenvalue weighted by Gasteiger charge is 2.19. The van der Waals surface area contributed by atoms with E-state index in [1.807, 2.05) is 24.4 Å². The lowest BCUT2D eigenvalue weighted by Crippen LogP contribution is -2.46. The van der Waals surface area contributed by atoms with Crippen LogP contribution in [0.3, 0.4) is 0 Å². The van der Waals surface area contributed by atoms with Gasteiger partial charge in [0.25, 0.3) is 0 Å². The molecule has 7 heteroatoms. The Balaban J connectivity index is 1.45. The first-order valence-corrected chi connectivity index (χ1v) is 8.62. The van der Waals surface area contributed by atoms with Gasteiger partial charge in [-0.2, -0.15) is 4.98 Å². The van der Waals surface area contributed by atoms with Gasteiger partial charge in [-0.05, 0) is 18.4 Å². The number of nitrogens with zero attached hydrogens (tertiary/aromatic N) is 4. The summed E-state index contributed by atoms with van der Waals surface area (Å²) >= 11 is 1.63. The van der Waals surface area contributed by atoms with E-state index in [0.29, 0.717) is 11.7 Å². The van der Waals surface area contributed by atoms with Crippen LogP contribution in [0.15, 0.2) is 22.0 Å². The molecule has 22 heavy (non-hydrogen) atoms. The van der Waals surface area contributed by atoms with Crippen molar-refractivity contribution < 1.29 is 9.26 Å². The topological polar surface area (TPSA) is 54.6 Å². The minimum absolute atomic E-state index is 0.695. The maximum atomic E-state index is 5.41. The lowest BCUT2D eigenvalue weighted by molar-refractivity contribution is 0.0749. The van der Waals surface area contributed by atoms with Gasteiger partial charge in [0.1, 0.15) is 0 Å². The predicted octanol–water partition coefficient (Wildman–Crippen LogP) is 1.95. The smallest absolute Gasteiger partial charge is 0.241 e. The molecule has 0 unspecified atom stereocenters. The van der Waals surface area contributed by atoms with Crippen LogP contribution in [0.2, 0.25) is 0 Å². The molecule has 1 aliphatic heterocycles. The van der Waals surface area contributed by atoms with Crippen molar-refractivity contribution in [2.45, 2.75) is 13.5 Å². The molecule has 2 aromatic rings. The van der Waals surface area contributed by atoms with Crippen LogP contribution in [0, 0.1) is 0 Å². The maximum absolute atomic E-state index is 5.41. The van der Waals surface area contributed by atoms with Gasteiger partial charge >= 0.3 is 0 Å². The summed E-state index contributed by atoms with van der Waals surface area (Å²) in [7, 11) is 0. The van der Waals surface area contributed by atoms with Crippen molar-refractivity contribution >= 4 is 11.3 Å². The molecule has 1 saturated heterocycles. The Morgan fingerprint density at radius 2 is 2.09 bits per heavy atom. The van der Waals surface area contributed by atoms with E-state index >= 15 is 0 Å². The summed E-state index contributed by atoms with van der Waals surface area (Å²) in [5.74, 6) is 1.39. The molecule has 1 aliphatic rings. The third-order valence-electron chi connectivity index (χ3n) is 3.79. The van der Waals surface area contributed by atoms with E-state index in [0.717, 1.165) is 57.4 Å². The highest BCUT2D eigenvalue weighted by molar-refractivity contribution is 7.13. The van der Waals surface area contributed by atoms with Crippen molar-refractivity contribution in [1.82, 2.24) is 19.9 Å². The molecule has 6 nitrogen and oxygen atoms in total. The first-order valence-electron chi connectivity index (χ1n) is 7.74. The van der Waals surface area contributed by atoms with Gasteiger partial charge in [0.2, 0.25) is 11.7 Å². The summed E-state index contributed by atoms with van der Waals surface area (Å²) in [5.41, 5.74) is 0. The minimum Gasteiger partial charge on any atom is -0.380 e. The van der Waals surface area contributed by atoms with Gasteiger partial charge in [-0.15, -0.1) is 11.3 Å². The monoisotopic (exact) mass is 322 g/mol. The summed E-state index contributed by atoms with van der Waals surface area (Å²) in [6, 6.07) is 4.01. The van der Waals surface area contributed by atoms with Crippen molar-refractivity contribution in [2.75, 3.05) is 45.9 Å². The fourth-order valence-electron chi connectivity index (χ4n) is 2.53. The van der Waals surface area contributed by atoms with E-state index < -0.39 is 0 Å². The number of thiophene rings is 1. The molecule has 3 heterocycles. The maximum Gasteiger partial charge on any atom is 0.241 e. The summed E-state index contributed by atoms with van der Waals surface area (Å²) < 4.78 is 10.8. The number of aromatic nitrogens is 2. The van der Waals surface area contributed by atoms with E-state index in [1.165, 1.54) is 0 Å². The Bertz CT molecular complexity index is 550. The van der Waals surface area contributed by atoms with E-state index in [4.69, 9.17) is 9.26 Å². The standard InChI is InChI=1S/C15H22N4O2S/c1-2-20-10-9-18-5-7-19(8-6-18)12-14-16-15(17-21-14)13-4-3-11-22-13/h3-4,11H,2,5-10,12H2,1H3. The van der Waals surface area contributed by atoms with Gasteiger partial charge in [0.15, 0.2) is 0 Å². The first kappa shape index (κ1) is 15.6. The largest absolute Gasteiger partial charge is 0.380 e. The SMILES string of the molecule is CCOCCN1CCN(Cc2nc(-c3cccs3)no2)CC1. The van der Waals surface area contributed by atoms with Crippen molar-refractivity contribution in [1.29, 1.82) is 0 Å². The Morgan fingerprint density at radius 3 is 2.82 bits per heavy atom. The zero-order chi connectivity index (χ0) is 15.2. The molecule has 0 radical (unpaired) electrons. The second-order valence-corrected chi connectivity index (χ2v) is 6.25. The van der Waals surface area contributed by atoms with Crippen molar-refractivity contribution in [3.63, 3.8) is 0 Å². The lowest BCUT2D eigenvalue weighted by atomic mass is 10.3. The van der Waals surface area contributed by atoms with Crippen molar-refractivity contribution in [2.24, 2.45) is 0 Å². The normalized spacial score (nSPS) is 17.1. The van der Waals surface area contributed by atoms with Gasteiger partial charge in [0.05, 0.1) is 18.0 Å². The van der Waals surface area contributed by atoms with Gasteiger partial charge < -0.3 is 9.26 Å². The van der Waals surface area contributed by atoms with Crippen LogP contribution in [0.25, 0.3) is 10.7 Å². The van der Waals surface area contributed by atoms with Crippen LogP contribution in [0.5, 0.6) is 0 Å². The fourth-order valence-corrected chi connectivity index (χ4v) is 3.17. The Kier molecular flexibility index (Phi) is 5.55. The fraction of sp³-hybridized carbons (Fsp3) is 0.600. The van der Waals surface area contributed by atoms with Gasteiger partial charge in [-0.25, -0.2) is 0 Å². The molecule has 1 fully saturated rings. The van der Waals surface area contributed by atoms with E-state index in [9.17, 15) is 0 Å². The lowest BCUT2D eigenvalue weighted by Gasteiger charge is -2.33. The number of rotatable bonds is 7. The number of hydrogen-bond acceptors (Lipinski definition) is 7. The molecule has 0 atom stereocenters. The molecule has 0 saturated carbocycles. The number of hydrogen-bond donors (Lipinski definition) is 0. The molecule has 3 rings (SSSR count). The van der Waals surface area contributed by atoms with Gasteiger partial charge in [-0.1, -0.05) is 11.2 Å². The van der Waals surface area contributed by atoms with Crippen LogP contribution in [-0.4, -0.2) is 65.9 Å². The summed E-state index contributed by atoms with van der Waals surface area (Å²) in [6.45, 7) is 9.60. The summed E-state index contributed by atoms with van der Waals surface area (Å²) in [6.07, 6.45) is 0. The molecular weight excluding hydrogens is 300 g/mol. The quantitative estimate of drug-likeness (QED) is 0.726. The highest BCUT2D eigenvalue weighted by Crippen LogP contribution is 2.21. The number of ether oxygens (including phenoxy) is 1.